The van der Waals surface area contributed by atoms with E-state index in [1.54, 1.807) is 28.6 Å². The Morgan fingerprint density at radius 1 is 0.933 bits per heavy atom. The quantitative estimate of drug-likeness (QED) is 0.230. The molecule has 2 aliphatic rings. The van der Waals surface area contributed by atoms with Gasteiger partial charge in [0.1, 0.15) is 0 Å². The third kappa shape index (κ3) is 10.0. The first-order valence-corrected chi connectivity index (χ1v) is 16.3. The molecular weight excluding hydrogens is 609 g/mol. The van der Waals surface area contributed by atoms with Crippen molar-refractivity contribution in [3.05, 3.63) is 95.6 Å². The maximum absolute atomic E-state index is 13.0. The lowest BCUT2D eigenvalue weighted by Crippen LogP contribution is -2.42. The first-order valence-electron chi connectivity index (χ1n) is 14.6. The van der Waals surface area contributed by atoms with Gasteiger partial charge in [0.15, 0.2) is 0 Å². The summed E-state index contributed by atoms with van der Waals surface area (Å²) < 4.78 is 59.4. The van der Waals surface area contributed by atoms with Crippen LogP contribution in [0.1, 0.15) is 46.7 Å². The highest BCUT2D eigenvalue weighted by Gasteiger charge is 2.39. The topological polar surface area (TPSA) is 142 Å². The summed E-state index contributed by atoms with van der Waals surface area (Å²) in [5.41, 5.74) is 9.75. The molecule has 13 heteroatoms. The molecule has 0 spiro atoms. The number of anilines is 2. The number of benzene rings is 3. The number of piperidine rings is 1. The van der Waals surface area contributed by atoms with Crippen LogP contribution >= 0.6 is 0 Å². The molecule has 1 amide bonds. The zero-order valence-electron chi connectivity index (χ0n) is 24.5. The number of hydrogen-bond donors (Lipinski definition) is 4. The van der Waals surface area contributed by atoms with E-state index in [1.165, 1.54) is 12.0 Å². The third-order valence-electron chi connectivity index (χ3n) is 7.97. The van der Waals surface area contributed by atoms with Gasteiger partial charge in [0, 0.05) is 30.6 Å². The lowest BCUT2D eigenvalue weighted by molar-refractivity contribution is -0.192. The maximum atomic E-state index is 13.0. The molecule has 242 valence electrons. The van der Waals surface area contributed by atoms with Crippen molar-refractivity contribution in [2.45, 2.75) is 43.8 Å². The van der Waals surface area contributed by atoms with Crippen molar-refractivity contribution in [2.75, 3.05) is 36.4 Å². The first-order chi connectivity index (χ1) is 21.3. The number of aliphatic carboxylic acids is 1. The number of carbonyl (C=O) groups is 2. The Labute approximate surface area is 260 Å². The molecule has 2 atom stereocenters. The number of carbonyl (C=O) groups excluding carboxylic acids is 1. The van der Waals surface area contributed by atoms with Crippen molar-refractivity contribution in [1.82, 2.24) is 9.62 Å². The minimum Gasteiger partial charge on any atom is -0.475 e. The van der Waals surface area contributed by atoms with Gasteiger partial charge in [-0.15, -0.1) is 0 Å². The second-order valence-electron chi connectivity index (χ2n) is 11.2. The Morgan fingerprint density at radius 2 is 1.53 bits per heavy atom. The molecule has 1 saturated heterocycles. The highest BCUT2D eigenvalue weighted by atomic mass is 32.2. The molecule has 0 bridgehead atoms. The highest BCUT2D eigenvalue weighted by molar-refractivity contribution is 7.89. The van der Waals surface area contributed by atoms with Gasteiger partial charge in [-0.1, -0.05) is 54.6 Å². The molecule has 9 nitrogen and oxygen atoms in total. The summed E-state index contributed by atoms with van der Waals surface area (Å²) in [6.07, 6.45) is -1.69. The Balaban J connectivity index is 0.000000591. The van der Waals surface area contributed by atoms with Gasteiger partial charge in [-0.2, -0.15) is 13.2 Å². The number of para-hydroxylation sites is 2. The van der Waals surface area contributed by atoms with Crippen molar-refractivity contribution < 1.29 is 36.3 Å². The normalized spacial score (nSPS) is 18.8. The number of carboxylic acids is 1. The standard InChI is InChI=1S/C30H36N4O3S.C2HF3O2/c31-27-8-4-5-9-28(27)33-30(35)25-12-10-22(11-13-25)16-19-38(36,37)34-17-14-23(15-18-34)21-32-29-20-26(29)24-6-2-1-3-7-24;3-2(4,5)1(6)7/h1-13,23,26,29,32H,14-21,31H2,(H,33,35);(H,6,7). The zero-order valence-corrected chi connectivity index (χ0v) is 25.4. The zero-order chi connectivity index (χ0) is 32.6. The number of halogens is 3. The van der Waals surface area contributed by atoms with Crippen LogP contribution in [0.4, 0.5) is 24.5 Å². The number of carboxylic acid groups (broad SMARTS) is 1. The average Bonchev–Trinajstić information content (AvgIpc) is 3.81. The van der Waals surface area contributed by atoms with E-state index in [4.69, 9.17) is 15.6 Å². The fraction of sp³-hybridized carbons (Fsp3) is 0.375. The molecule has 1 heterocycles. The van der Waals surface area contributed by atoms with Crippen LogP contribution in [0.5, 0.6) is 0 Å². The predicted molar refractivity (Wildman–Crippen MR) is 166 cm³/mol. The van der Waals surface area contributed by atoms with Crippen molar-refractivity contribution in [1.29, 1.82) is 0 Å². The molecule has 3 aromatic carbocycles. The summed E-state index contributed by atoms with van der Waals surface area (Å²) in [5, 5.41) is 13.6. The van der Waals surface area contributed by atoms with Crippen molar-refractivity contribution in [3.8, 4) is 0 Å². The van der Waals surface area contributed by atoms with E-state index in [0.717, 1.165) is 24.9 Å². The van der Waals surface area contributed by atoms with E-state index in [2.05, 4.69) is 41.0 Å². The lowest BCUT2D eigenvalue weighted by atomic mass is 9.98. The number of nitrogens with two attached hydrogens (primary N) is 1. The van der Waals surface area contributed by atoms with Crippen LogP contribution in [0.25, 0.3) is 0 Å². The van der Waals surface area contributed by atoms with Crippen molar-refractivity contribution in [3.63, 3.8) is 0 Å². The minimum absolute atomic E-state index is 0.0723. The smallest absolute Gasteiger partial charge is 0.475 e. The monoisotopic (exact) mass is 646 g/mol. The second-order valence-corrected chi connectivity index (χ2v) is 13.3. The summed E-state index contributed by atoms with van der Waals surface area (Å²) in [7, 11) is -3.32. The van der Waals surface area contributed by atoms with Crippen LogP contribution < -0.4 is 16.4 Å². The number of alkyl halides is 3. The van der Waals surface area contributed by atoms with Gasteiger partial charge >= 0.3 is 12.1 Å². The number of aryl methyl sites for hydroxylation is 1. The molecule has 1 saturated carbocycles. The number of hydrogen-bond acceptors (Lipinski definition) is 6. The van der Waals surface area contributed by atoms with Crippen LogP contribution in [0.3, 0.4) is 0 Å². The largest absolute Gasteiger partial charge is 0.490 e. The Bertz CT molecular complexity index is 1540. The molecule has 0 radical (unpaired) electrons. The molecule has 1 aliphatic heterocycles. The van der Waals surface area contributed by atoms with E-state index >= 15 is 0 Å². The van der Waals surface area contributed by atoms with Gasteiger partial charge in [0.2, 0.25) is 10.0 Å². The molecule has 5 rings (SSSR count). The minimum atomic E-state index is -5.08. The fourth-order valence-electron chi connectivity index (χ4n) is 5.20. The molecule has 2 unspecified atom stereocenters. The average molecular weight is 647 g/mol. The van der Waals surface area contributed by atoms with E-state index in [-0.39, 0.29) is 11.7 Å². The van der Waals surface area contributed by atoms with Crippen molar-refractivity contribution >= 4 is 33.3 Å². The molecule has 0 aromatic heterocycles. The predicted octanol–water partition coefficient (Wildman–Crippen LogP) is 4.88. The Hall–Kier alpha value is -3.94. The Morgan fingerprint density at radius 3 is 2.13 bits per heavy atom. The number of sulfonamides is 1. The number of nitrogens with one attached hydrogen (secondary N) is 2. The number of rotatable bonds is 10. The summed E-state index contributed by atoms with van der Waals surface area (Å²) in [6.45, 7) is 2.13. The maximum Gasteiger partial charge on any atom is 0.490 e. The van der Waals surface area contributed by atoms with Gasteiger partial charge in [0.05, 0.1) is 17.1 Å². The molecular formula is C32H37F3N4O5S. The van der Waals surface area contributed by atoms with Crippen molar-refractivity contribution in [2.24, 2.45) is 5.92 Å². The van der Waals surface area contributed by atoms with Gasteiger partial charge in [-0.3, -0.25) is 4.79 Å². The third-order valence-corrected chi connectivity index (χ3v) is 9.84. The Kier molecular flexibility index (Phi) is 11.2. The number of amides is 1. The van der Waals surface area contributed by atoms with Crippen LogP contribution in [0.15, 0.2) is 78.9 Å². The van der Waals surface area contributed by atoms with Crippen LogP contribution in [-0.2, 0) is 21.2 Å². The number of nitrogen functional groups attached to an aromatic ring is 1. The molecule has 45 heavy (non-hydrogen) atoms. The summed E-state index contributed by atoms with van der Waals surface area (Å²) >= 11 is 0. The fourth-order valence-corrected chi connectivity index (χ4v) is 6.72. The second kappa shape index (κ2) is 14.9. The van der Waals surface area contributed by atoms with E-state index in [0.29, 0.717) is 54.3 Å². The van der Waals surface area contributed by atoms with Gasteiger partial charge in [-0.25, -0.2) is 17.5 Å². The van der Waals surface area contributed by atoms with E-state index in [9.17, 15) is 26.4 Å². The van der Waals surface area contributed by atoms with E-state index < -0.39 is 22.2 Å². The first kappa shape index (κ1) is 33.9. The van der Waals surface area contributed by atoms with Gasteiger partial charge in [0.25, 0.3) is 5.91 Å². The van der Waals surface area contributed by atoms with Crippen LogP contribution in [0.2, 0.25) is 0 Å². The van der Waals surface area contributed by atoms with Gasteiger partial charge in [-0.05, 0) is 73.5 Å². The SMILES string of the molecule is Nc1ccccc1NC(=O)c1ccc(CCS(=O)(=O)N2CCC(CNC3CC3c3ccccc3)CC2)cc1.O=C(O)C(F)(F)F. The molecule has 1 aliphatic carbocycles. The summed E-state index contributed by atoms with van der Waals surface area (Å²) in [4.78, 5) is 21.4. The summed E-state index contributed by atoms with van der Waals surface area (Å²) in [6, 6.07) is 25.4. The molecule has 5 N–H and O–H groups in total. The lowest BCUT2D eigenvalue weighted by Gasteiger charge is -2.31. The highest BCUT2D eigenvalue weighted by Crippen LogP contribution is 2.40. The van der Waals surface area contributed by atoms with Crippen LogP contribution in [0, 0.1) is 5.92 Å². The summed E-state index contributed by atoms with van der Waals surface area (Å²) in [5.74, 6) is -1.81. The number of nitrogens with zero attached hydrogens (tertiary/aromatic N) is 1. The van der Waals surface area contributed by atoms with Crippen LogP contribution in [-0.4, -0.2) is 67.3 Å². The van der Waals surface area contributed by atoms with Gasteiger partial charge < -0.3 is 21.5 Å². The molecule has 3 aromatic rings. The van der Waals surface area contributed by atoms with E-state index in [1.807, 2.05) is 24.3 Å². The molecule has 2 fully saturated rings.